The third kappa shape index (κ3) is 27.3. The van der Waals surface area contributed by atoms with E-state index in [9.17, 15) is 24.0 Å². The number of hydrogen-bond donors (Lipinski definition) is 25. The maximum Gasteiger partial charge on any atom is 0.189 e. The Kier molecular flexibility index (Phi) is 42.1. The summed E-state index contributed by atoms with van der Waals surface area (Å²) in [6, 6.07) is 0. The van der Waals surface area contributed by atoms with E-state index >= 15 is 0 Å². The van der Waals surface area contributed by atoms with Gasteiger partial charge in [0, 0.05) is 0 Å². The minimum absolute atomic E-state index is 0.767. The summed E-state index contributed by atoms with van der Waals surface area (Å²) in [5.41, 5.74) is 0. The number of hydrogen-bond acceptors (Lipinski definition) is 30. The van der Waals surface area contributed by atoms with Crippen molar-refractivity contribution in [1.29, 1.82) is 0 Å². The smallest absolute Gasteiger partial charge is 0.189 e. The van der Waals surface area contributed by atoms with Crippen LogP contribution in [0.25, 0.3) is 0 Å². The minimum Gasteiger partial charge on any atom is -0.394 e. The van der Waals surface area contributed by atoms with E-state index in [0.29, 0.717) is 0 Å². The van der Waals surface area contributed by atoms with Crippen LogP contribution >= 0.6 is 0 Å². The standard InChI is InChI=1S/5C6H12O6/c5*7-1-3(9)5(11)6(12)4(10)2-8/h5*3,5-9,11-12H,1-2H2/t5*3-,5+,6+/m11111/s1. The van der Waals surface area contributed by atoms with Gasteiger partial charge in [-0.15, -0.1) is 0 Å². The van der Waals surface area contributed by atoms with Gasteiger partial charge < -0.3 is 128 Å². The molecule has 0 spiro atoms. The van der Waals surface area contributed by atoms with E-state index in [1.165, 1.54) is 0 Å². The third-order valence-electron chi connectivity index (χ3n) is 6.95. The molecule has 0 aromatic heterocycles. The molecular weight excluding hydrogens is 840 g/mol. The predicted octanol–water partition coefficient (Wildman–Crippen LogP) is -16.9. The van der Waals surface area contributed by atoms with E-state index in [0.717, 1.165) is 0 Å². The van der Waals surface area contributed by atoms with Crippen molar-refractivity contribution in [2.24, 2.45) is 0 Å². The van der Waals surface area contributed by atoms with Gasteiger partial charge in [-0.1, -0.05) is 0 Å². The van der Waals surface area contributed by atoms with Crippen LogP contribution in [0.4, 0.5) is 0 Å². The molecule has 0 aliphatic rings. The average molecular weight is 901 g/mol. The highest BCUT2D eigenvalue weighted by molar-refractivity contribution is 5.86. The van der Waals surface area contributed by atoms with Gasteiger partial charge in [0.05, 0.1) is 33.0 Å². The topological polar surface area (TPSA) is 591 Å². The molecule has 0 aliphatic heterocycles. The Balaban J connectivity index is -0.000000210. The molecule has 0 radical (unpaired) electrons. The first kappa shape index (κ1) is 66.4. The molecule has 30 nitrogen and oxygen atoms in total. The lowest BCUT2D eigenvalue weighted by molar-refractivity contribution is -0.143. The van der Waals surface area contributed by atoms with Crippen molar-refractivity contribution < 1.29 is 152 Å². The highest BCUT2D eigenvalue weighted by atomic mass is 16.4. The highest BCUT2D eigenvalue weighted by Crippen LogP contribution is 2.04. The molecule has 60 heavy (non-hydrogen) atoms. The fourth-order valence-electron chi connectivity index (χ4n) is 3.01. The second-order valence-corrected chi connectivity index (χ2v) is 11.5. The van der Waals surface area contributed by atoms with Crippen LogP contribution in [-0.2, 0) is 24.0 Å². The van der Waals surface area contributed by atoms with Crippen LogP contribution in [0.1, 0.15) is 0 Å². The molecule has 0 saturated carbocycles. The zero-order valence-electron chi connectivity index (χ0n) is 31.5. The summed E-state index contributed by atoms with van der Waals surface area (Å²) in [6.45, 7) is -8.44. The van der Waals surface area contributed by atoms with Crippen molar-refractivity contribution in [2.45, 2.75) is 91.6 Å². The lowest BCUT2D eigenvalue weighted by atomic mass is 10.1. The third-order valence-corrected chi connectivity index (χ3v) is 6.95. The predicted molar refractivity (Wildman–Crippen MR) is 186 cm³/mol. The largest absolute Gasteiger partial charge is 0.394 e. The Morgan fingerprint density at radius 1 is 0.233 bits per heavy atom. The number of aliphatic hydroxyl groups excluding tert-OH is 25. The van der Waals surface area contributed by atoms with Crippen molar-refractivity contribution in [3.63, 3.8) is 0 Å². The first-order valence-electron chi connectivity index (χ1n) is 16.6. The highest BCUT2D eigenvalue weighted by Gasteiger charge is 2.32. The average Bonchev–Trinajstić information content (AvgIpc) is 3.28. The van der Waals surface area contributed by atoms with Crippen LogP contribution in [0, 0.1) is 0 Å². The van der Waals surface area contributed by atoms with E-state index in [2.05, 4.69) is 0 Å². The summed E-state index contributed by atoms with van der Waals surface area (Å²) >= 11 is 0. The molecule has 0 aromatic rings. The number of carbonyl (C=O) groups is 5. The van der Waals surface area contributed by atoms with Crippen molar-refractivity contribution >= 4 is 28.9 Å². The molecular formula is C30H60O30. The van der Waals surface area contributed by atoms with Gasteiger partial charge in [0.1, 0.15) is 125 Å². The Morgan fingerprint density at radius 2 is 0.333 bits per heavy atom. The summed E-state index contributed by atoms with van der Waals surface area (Å²) in [7, 11) is 0. The lowest BCUT2D eigenvalue weighted by Crippen LogP contribution is -2.44. The number of Topliss-reactive ketones (excluding diaryl/α,β-unsaturated/α-hetero) is 5. The molecule has 0 aliphatic carbocycles. The SMILES string of the molecule is O=C(CO)[C@H](O)[C@@H](O)[C@H](O)CO.O=C(CO)[C@H](O)[C@@H](O)[C@H](O)CO.O=C(CO)[C@H](O)[C@@H](O)[C@H](O)CO.O=C(CO)[C@H](O)[C@@H](O)[C@H](O)CO.O=C(CO)[C@H](O)[C@@H](O)[C@H](O)CO. The van der Waals surface area contributed by atoms with Gasteiger partial charge in [-0.05, 0) is 0 Å². The molecule has 0 saturated heterocycles. The minimum atomic E-state index is -1.86. The maximum atomic E-state index is 10.5. The quantitative estimate of drug-likeness (QED) is 0.0404. The van der Waals surface area contributed by atoms with Gasteiger partial charge >= 0.3 is 0 Å². The number of rotatable bonds is 25. The van der Waals surface area contributed by atoms with Gasteiger partial charge in [-0.3, -0.25) is 24.0 Å². The van der Waals surface area contributed by atoms with Crippen molar-refractivity contribution in [3.8, 4) is 0 Å². The maximum absolute atomic E-state index is 10.5. The van der Waals surface area contributed by atoms with Gasteiger partial charge in [-0.2, -0.15) is 0 Å². The summed E-state index contributed by atoms with van der Waals surface area (Å²) < 4.78 is 0. The second-order valence-electron chi connectivity index (χ2n) is 11.5. The molecule has 360 valence electrons. The molecule has 0 fully saturated rings. The van der Waals surface area contributed by atoms with Gasteiger partial charge in [-0.25, -0.2) is 0 Å². The number of ketones is 5. The first-order chi connectivity index (χ1) is 27.7. The van der Waals surface area contributed by atoms with Gasteiger partial charge in [0.2, 0.25) is 0 Å². The second kappa shape index (κ2) is 38.1. The zero-order chi connectivity index (χ0) is 48.6. The molecule has 0 bridgehead atoms. The number of carbonyl (C=O) groups excluding carboxylic acids is 5. The van der Waals surface area contributed by atoms with E-state index in [1.54, 1.807) is 0 Å². The lowest BCUT2D eigenvalue weighted by Gasteiger charge is -2.19. The van der Waals surface area contributed by atoms with E-state index in [4.69, 9.17) is 128 Å². The monoisotopic (exact) mass is 900 g/mol. The van der Waals surface area contributed by atoms with Crippen LogP contribution in [-0.4, -0.2) is 314 Å². The fourth-order valence-corrected chi connectivity index (χ4v) is 3.01. The van der Waals surface area contributed by atoms with E-state index in [1.807, 2.05) is 0 Å². The molecule has 15 atom stereocenters. The van der Waals surface area contributed by atoms with Crippen LogP contribution in [0.3, 0.4) is 0 Å². The Morgan fingerprint density at radius 3 is 0.400 bits per heavy atom. The zero-order valence-corrected chi connectivity index (χ0v) is 31.5. The Labute approximate surface area is 338 Å². The van der Waals surface area contributed by atoms with Crippen molar-refractivity contribution in [1.82, 2.24) is 0 Å². The molecule has 0 heterocycles. The summed E-state index contributed by atoms with van der Waals surface area (Å²) in [4.78, 5) is 52.6. The van der Waals surface area contributed by atoms with Crippen LogP contribution < -0.4 is 0 Å². The van der Waals surface area contributed by atoms with Crippen molar-refractivity contribution in [2.75, 3.05) is 66.1 Å². The molecule has 0 rings (SSSR count). The van der Waals surface area contributed by atoms with Gasteiger partial charge in [0.25, 0.3) is 0 Å². The summed E-state index contributed by atoms with van der Waals surface area (Å²) in [6.07, 6.45) is -26.1. The Bertz CT molecular complexity index is 932. The molecule has 25 N–H and O–H groups in total. The molecule has 0 amide bonds. The number of aliphatic hydroxyl groups is 25. The normalized spacial score (nSPS) is 18.4. The van der Waals surface area contributed by atoms with Crippen molar-refractivity contribution in [3.05, 3.63) is 0 Å². The first-order valence-corrected chi connectivity index (χ1v) is 16.6. The molecule has 0 unspecified atom stereocenters. The summed E-state index contributed by atoms with van der Waals surface area (Å²) in [5.74, 6) is -5.02. The molecule has 0 aromatic carbocycles. The van der Waals surface area contributed by atoms with Gasteiger partial charge in [0.15, 0.2) is 28.9 Å². The van der Waals surface area contributed by atoms with Crippen LogP contribution in [0.2, 0.25) is 0 Å². The van der Waals surface area contributed by atoms with Crippen LogP contribution in [0.15, 0.2) is 0 Å². The fraction of sp³-hybridized carbons (Fsp3) is 0.833. The van der Waals surface area contributed by atoms with E-state index in [-0.39, 0.29) is 0 Å². The molecule has 30 heteroatoms. The Hall–Kier alpha value is -2.65. The summed E-state index contributed by atoms with van der Waals surface area (Å²) in [5, 5.41) is 215. The van der Waals surface area contributed by atoms with Crippen LogP contribution in [0.5, 0.6) is 0 Å². The van der Waals surface area contributed by atoms with E-state index < -0.39 is 187 Å².